The fourth-order valence-corrected chi connectivity index (χ4v) is 2.99. The molecule has 0 aliphatic heterocycles. The number of aromatic carboxylic acids is 1. The summed E-state index contributed by atoms with van der Waals surface area (Å²) in [5, 5.41) is 8.93. The van der Waals surface area contributed by atoms with E-state index < -0.39 is 16.0 Å². The third-order valence-corrected chi connectivity index (χ3v) is 4.81. The highest BCUT2D eigenvalue weighted by Gasteiger charge is 2.22. The number of nitrogens with one attached hydrogen (secondary N) is 1. The molecule has 0 amide bonds. The Labute approximate surface area is 116 Å². The number of hydrogen-bond donors (Lipinski definition) is 2. The Morgan fingerprint density at radius 2 is 2.11 bits per heavy atom. The zero-order chi connectivity index (χ0) is 14.0. The maximum atomic E-state index is 12.0. The van der Waals surface area contributed by atoms with Crippen molar-refractivity contribution in [1.82, 2.24) is 4.72 Å². The van der Waals surface area contributed by atoms with E-state index in [0.29, 0.717) is 12.5 Å². The summed E-state index contributed by atoms with van der Waals surface area (Å²) in [6.45, 7) is 0.373. The summed E-state index contributed by atoms with van der Waals surface area (Å²) in [7, 11) is -3.67. The number of carboxylic acid groups (broad SMARTS) is 1. The van der Waals surface area contributed by atoms with Crippen LogP contribution in [-0.2, 0) is 10.0 Å². The van der Waals surface area contributed by atoms with Gasteiger partial charge in [0.25, 0.3) is 0 Å². The summed E-state index contributed by atoms with van der Waals surface area (Å²) in [5.41, 5.74) is -0.216. The fraction of sp³-hybridized carbons (Fsp3) is 0.417. The molecular weight excluding hydrogens is 290 g/mol. The van der Waals surface area contributed by atoms with Crippen LogP contribution in [0.3, 0.4) is 0 Å². The van der Waals surface area contributed by atoms with Gasteiger partial charge in [-0.2, -0.15) is 0 Å². The van der Waals surface area contributed by atoms with Crippen LogP contribution in [0.15, 0.2) is 23.1 Å². The lowest BCUT2D eigenvalue weighted by Crippen LogP contribution is -2.25. The van der Waals surface area contributed by atoms with Crippen LogP contribution in [0.1, 0.15) is 29.6 Å². The number of halogens is 1. The van der Waals surface area contributed by atoms with Crippen molar-refractivity contribution in [3.8, 4) is 0 Å². The highest BCUT2D eigenvalue weighted by Crippen LogP contribution is 2.31. The van der Waals surface area contributed by atoms with Crippen LogP contribution in [-0.4, -0.2) is 26.0 Å². The number of rotatable bonds is 6. The standard InChI is InChI=1S/C12H14ClNO4S/c13-11-4-3-9(7-10(11)12(15)16)19(17,18)14-6-5-8-1-2-8/h3-4,7-8,14H,1-2,5-6H2,(H,15,16). The van der Waals surface area contributed by atoms with Crippen molar-refractivity contribution in [3.63, 3.8) is 0 Å². The molecule has 2 rings (SSSR count). The predicted molar refractivity (Wildman–Crippen MR) is 70.9 cm³/mol. The molecule has 0 aromatic heterocycles. The normalized spacial score (nSPS) is 15.4. The number of benzene rings is 1. The lowest BCUT2D eigenvalue weighted by Gasteiger charge is -2.08. The summed E-state index contributed by atoms with van der Waals surface area (Å²) >= 11 is 5.70. The summed E-state index contributed by atoms with van der Waals surface area (Å²) in [6, 6.07) is 3.65. The minimum atomic E-state index is -3.67. The molecule has 0 atom stereocenters. The molecule has 1 aromatic rings. The van der Waals surface area contributed by atoms with E-state index in [9.17, 15) is 13.2 Å². The van der Waals surface area contributed by atoms with Crippen molar-refractivity contribution >= 4 is 27.6 Å². The van der Waals surface area contributed by atoms with Crippen molar-refractivity contribution in [2.75, 3.05) is 6.54 Å². The Morgan fingerprint density at radius 3 is 2.68 bits per heavy atom. The fourth-order valence-electron chi connectivity index (χ4n) is 1.72. The van der Waals surface area contributed by atoms with Gasteiger partial charge >= 0.3 is 5.97 Å². The molecule has 0 unspecified atom stereocenters. The number of hydrogen-bond acceptors (Lipinski definition) is 3. The summed E-state index contributed by atoms with van der Waals surface area (Å²) < 4.78 is 26.4. The summed E-state index contributed by atoms with van der Waals surface area (Å²) in [5.74, 6) is -0.623. The topological polar surface area (TPSA) is 83.5 Å². The maximum absolute atomic E-state index is 12.0. The molecule has 5 nitrogen and oxygen atoms in total. The number of carbonyl (C=O) groups is 1. The monoisotopic (exact) mass is 303 g/mol. The Hall–Kier alpha value is -1.11. The zero-order valence-electron chi connectivity index (χ0n) is 10.1. The Balaban J connectivity index is 2.14. The zero-order valence-corrected chi connectivity index (χ0v) is 11.7. The molecule has 1 aliphatic carbocycles. The molecule has 0 spiro atoms. The number of sulfonamides is 1. The lowest BCUT2D eigenvalue weighted by atomic mass is 10.2. The first-order valence-corrected chi connectivity index (χ1v) is 7.79. The van der Waals surface area contributed by atoms with Crippen LogP contribution in [0.5, 0.6) is 0 Å². The predicted octanol–water partition coefficient (Wildman–Crippen LogP) is 2.12. The molecule has 0 heterocycles. The molecular formula is C12H14ClNO4S. The van der Waals surface area contributed by atoms with E-state index in [1.165, 1.54) is 12.1 Å². The summed E-state index contributed by atoms with van der Waals surface area (Å²) in [6.07, 6.45) is 3.14. The van der Waals surface area contributed by atoms with E-state index in [2.05, 4.69) is 4.72 Å². The Morgan fingerprint density at radius 1 is 1.42 bits per heavy atom. The van der Waals surface area contributed by atoms with Crippen molar-refractivity contribution in [1.29, 1.82) is 0 Å². The van der Waals surface area contributed by atoms with Crippen LogP contribution in [0.2, 0.25) is 5.02 Å². The van der Waals surface area contributed by atoms with Gasteiger partial charge in [-0.3, -0.25) is 0 Å². The van der Waals surface area contributed by atoms with E-state index in [4.69, 9.17) is 16.7 Å². The Kier molecular flexibility index (Phi) is 4.13. The third kappa shape index (κ3) is 3.68. The van der Waals surface area contributed by atoms with Crippen LogP contribution < -0.4 is 4.72 Å². The van der Waals surface area contributed by atoms with E-state index in [0.717, 1.165) is 25.3 Å². The van der Waals surface area contributed by atoms with Gasteiger partial charge in [0, 0.05) is 6.54 Å². The van der Waals surface area contributed by atoms with Gasteiger partial charge in [0.15, 0.2) is 0 Å². The van der Waals surface area contributed by atoms with Crippen LogP contribution in [0, 0.1) is 5.92 Å². The quantitative estimate of drug-likeness (QED) is 0.843. The van der Waals surface area contributed by atoms with Crippen molar-refractivity contribution in [2.24, 2.45) is 5.92 Å². The van der Waals surface area contributed by atoms with Gasteiger partial charge in [0.1, 0.15) is 0 Å². The van der Waals surface area contributed by atoms with Crippen LogP contribution in [0.25, 0.3) is 0 Å². The smallest absolute Gasteiger partial charge is 0.337 e. The second-order valence-corrected chi connectivity index (χ2v) is 6.75. The average molecular weight is 304 g/mol. The average Bonchev–Trinajstić information content (AvgIpc) is 3.12. The lowest BCUT2D eigenvalue weighted by molar-refractivity contribution is 0.0697. The van der Waals surface area contributed by atoms with Gasteiger partial charge in [0.05, 0.1) is 15.5 Å². The minimum absolute atomic E-state index is 0.0180. The minimum Gasteiger partial charge on any atom is -0.478 e. The molecule has 0 radical (unpaired) electrons. The van der Waals surface area contributed by atoms with Gasteiger partial charge < -0.3 is 5.11 Å². The molecule has 1 saturated carbocycles. The van der Waals surface area contributed by atoms with E-state index >= 15 is 0 Å². The van der Waals surface area contributed by atoms with Crippen molar-refractivity contribution in [2.45, 2.75) is 24.2 Å². The largest absolute Gasteiger partial charge is 0.478 e. The van der Waals surface area contributed by atoms with Crippen LogP contribution >= 0.6 is 11.6 Å². The van der Waals surface area contributed by atoms with Crippen LogP contribution in [0.4, 0.5) is 0 Å². The van der Waals surface area contributed by atoms with Gasteiger partial charge in [0.2, 0.25) is 10.0 Å². The highest BCUT2D eigenvalue weighted by molar-refractivity contribution is 7.89. The first-order chi connectivity index (χ1) is 8.90. The third-order valence-electron chi connectivity index (χ3n) is 3.02. The Bertz CT molecular complexity index is 596. The van der Waals surface area contributed by atoms with Gasteiger partial charge in [-0.05, 0) is 30.5 Å². The van der Waals surface area contributed by atoms with Gasteiger partial charge in [-0.1, -0.05) is 24.4 Å². The van der Waals surface area contributed by atoms with E-state index in [1.54, 1.807) is 0 Å². The second-order valence-electron chi connectivity index (χ2n) is 4.58. The van der Waals surface area contributed by atoms with E-state index in [1.807, 2.05) is 0 Å². The molecule has 1 aliphatic rings. The van der Waals surface area contributed by atoms with E-state index in [-0.39, 0.29) is 15.5 Å². The molecule has 7 heteroatoms. The molecule has 19 heavy (non-hydrogen) atoms. The SMILES string of the molecule is O=C(O)c1cc(S(=O)(=O)NCCC2CC2)ccc1Cl. The molecule has 104 valence electrons. The maximum Gasteiger partial charge on any atom is 0.337 e. The molecule has 1 aromatic carbocycles. The second kappa shape index (κ2) is 5.48. The van der Waals surface area contributed by atoms with Crippen molar-refractivity contribution < 1.29 is 18.3 Å². The molecule has 0 saturated heterocycles. The number of carboxylic acids is 1. The molecule has 2 N–H and O–H groups in total. The first-order valence-electron chi connectivity index (χ1n) is 5.92. The molecule has 0 bridgehead atoms. The van der Waals surface area contributed by atoms with Crippen molar-refractivity contribution in [3.05, 3.63) is 28.8 Å². The van der Waals surface area contributed by atoms with Gasteiger partial charge in [-0.25, -0.2) is 17.9 Å². The first kappa shape index (κ1) is 14.3. The van der Waals surface area contributed by atoms with Gasteiger partial charge in [-0.15, -0.1) is 0 Å². The highest BCUT2D eigenvalue weighted by atomic mass is 35.5. The molecule has 1 fully saturated rings. The summed E-state index contributed by atoms with van der Waals surface area (Å²) in [4.78, 5) is 10.8.